The smallest absolute Gasteiger partial charge is 0.437 e. The molecule has 0 aromatic heterocycles. The third kappa shape index (κ3) is 2.26. The second-order valence-electron chi connectivity index (χ2n) is 3.38. The summed E-state index contributed by atoms with van der Waals surface area (Å²) in [7, 11) is 0. The lowest BCUT2D eigenvalue weighted by atomic mass is 10.1. The van der Waals surface area contributed by atoms with Crippen LogP contribution in [0.25, 0.3) is 0 Å². The highest BCUT2D eigenvalue weighted by Crippen LogP contribution is 2.54. The van der Waals surface area contributed by atoms with Crippen molar-refractivity contribution in [3.63, 3.8) is 0 Å². The quantitative estimate of drug-likeness (QED) is 0.591. The van der Waals surface area contributed by atoms with Crippen molar-refractivity contribution in [1.29, 1.82) is 0 Å². The van der Waals surface area contributed by atoms with Gasteiger partial charge in [0.25, 0.3) is 5.75 Å². The van der Waals surface area contributed by atoms with Crippen LogP contribution in [0.5, 0.6) is 5.75 Å². The fraction of sp³-hybridized carbons (Fsp3) is 0. The zero-order valence-electron chi connectivity index (χ0n) is 9.77. The van der Waals surface area contributed by atoms with Crippen molar-refractivity contribution in [2.45, 2.75) is 0 Å². The number of nitro groups is 5. The first-order valence-electron chi connectivity index (χ1n) is 4.67. The molecule has 0 saturated carbocycles. The topological polar surface area (TPSA) is 236 Å². The molecular formula is C6HN5O11. The van der Waals surface area contributed by atoms with Crippen molar-refractivity contribution in [3.8, 4) is 5.75 Å². The second-order valence-corrected chi connectivity index (χ2v) is 3.38. The molecule has 0 spiro atoms. The maximum atomic E-state index is 10.8. The summed E-state index contributed by atoms with van der Waals surface area (Å²) in [5, 5.41) is 63.1. The van der Waals surface area contributed by atoms with E-state index in [4.69, 9.17) is 0 Å². The molecular weight excluding hydrogens is 318 g/mol. The Morgan fingerprint density at radius 1 is 0.500 bits per heavy atom. The van der Waals surface area contributed by atoms with Crippen LogP contribution in [-0.4, -0.2) is 29.7 Å². The van der Waals surface area contributed by atoms with Gasteiger partial charge in [-0.2, -0.15) is 0 Å². The number of rotatable bonds is 5. The minimum atomic E-state index is -2.08. The van der Waals surface area contributed by atoms with Crippen LogP contribution in [0.1, 0.15) is 0 Å². The van der Waals surface area contributed by atoms with Crippen molar-refractivity contribution in [3.05, 3.63) is 50.6 Å². The van der Waals surface area contributed by atoms with Gasteiger partial charge in [-0.1, -0.05) is 0 Å². The normalized spacial score (nSPS) is 10.0. The maximum Gasteiger partial charge on any atom is 0.437 e. The number of hydrogen-bond donors (Lipinski definition) is 1. The van der Waals surface area contributed by atoms with Gasteiger partial charge in [-0.3, -0.25) is 50.6 Å². The average Bonchev–Trinajstić information content (AvgIpc) is 2.34. The molecule has 0 atom stereocenters. The fourth-order valence-electron chi connectivity index (χ4n) is 1.54. The molecule has 0 aliphatic heterocycles. The molecule has 1 rings (SSSR count). The Labute approximate surface area is 115 Å². The average molecular weight is 319 g/mol. The number of benzene rings is 1. The highest BCUT2D eigenvalue weighted by Gasteiger charge is 2.54. The van der Waals surface area contributed by atoms with Gasteiger partial charge >= 0.3 is 28.4 Å². The summed E-state index contributed by atoms with van der Waals surface area (Å²) in [6.07, 6.45) is 0. The molecule has 0 aliphatic carbocycles. The predicted molar refractivity (Wildman–Crippen MR) is 61.4 cm³/mol. The molecule has 0 unspecified atom stereocenters. The first-order valence-corrected chi connectivity index (χ1v) is 4.67. The third-order valence-corrected chi connectivity index (χ3v) is 2.26. The lowest BCUT2D eigenvalue weighted by Crippen LogP contribution is -2.08. The van der Waals surface area contributed by atoms with Crippen molar-refractivity contribution in [2.75, 3.05) is 0 Å². The lowest BCUT2D eigenvalue weighted by Gasteiger charge is -2.01. The van der Waals surface area contributed by atoms with Crippen LogP contribution in [-0.2, 0) is 0 Å². The number of hydrogen-bond acceptors (Lipinski definition) is 11. The van der Waals surface area contributed by atoms with Crippen molar-refractivity contribution < 1.29 is 29.7 Å². The van der Waals surface area contributed by atoms with Gasteiger partial charge in [0, 0.05) is 0 Å². The molecule has 0 aliphatic rings. The molecule has 0 fully saturated rings. The van der Waals surface area contributed by atoms with Crippen LogP contribution in [0.2, 0.25) is 0 Å². The molecule has 1 aromatic carbocycles. The van der Waals surface area contributed by atoms with E-state index in [9.17, 15) is 55.7 Å². The van der Waals surface area contributed by atoms with Crippen LogP contribution < -0.4 is 0 Å². The van der Waals surface area contributed by atoms with Crippen LogP contribution in [0.15, 0.2) is 0 Å². The number of phenols is 1. The lowest BCUT2D eigenvalue weighted by molar-refractivity contribution is -0.460. The minimum absolute atomic E-state index is 1.70. The summed E-state index contributed by atoms with van der Waals surface area (Å²) >= 11 is 0. The molecule has 0 heterocycles. The Bertz CT molecular complexity index is 701. The summed E-state index contributed by atoms with van der Waals surface area (Å²) in [5.74, 6) is -2.03. The van der Waals surface area contributed by atoms with Gasteiger partial charge in [0.05, 0.1) is 24.6 Å². The van der Waals surface area contributed by atoms with Crippen LogP contribution in [0, 0.1) is 50.6 Å². The van der Waals surface area contributed by atoms with E-state index in [2.05, 4.69) is 0 Å². The summed E-state index contributed by atoms with van der Waals surface area (Å²) in [6.45, 7) is 0. The van der Waals surface area contributed by atoms with Crippen LogP contribution in [0.3, 0.4) is 0 Å². The van der Waals surface area contributed by atoms with E-state index in [0.717, 1.165) is 0 Å². The third-order valence-electron chi connectivity index (χ3n) is 2.26. The standard InChI is InChI=1S/C6HN5O11/c12-6-4(10(19)20)2(8(15)16)1(7(13)14)3(9(17)18)5(6)11(21)22/h12H. The molecule has 22 heavy (non-hydrogen) atoms. The molecule has 0 bridgehead atoms. The monoisotopic (exact) mass is 319 g/mol. The summed E-state index contributed by atoms with van der Waals surface area (Å²) in [5.41, 5.74) is -10.1. The highest BCUT2D eigenvalue weighted by atomic mass is 16.7. The van der Waals surface area contributed by atoms with E-state index in [-0.39, 0.29) is 0 Å². The van der Waals surface area contributed by atoms with Gasteiger partial charge in [0.1, 0.15) is 0 Å². The van der Waals surface area contributed by atoms with Crippen molar-refractivity contribution >= 4 is 28.4 Å². The van der Waals surface area contributed by atoms with Crippen molar-refractivity contribution in [2.24, 2.45) is 0 Å². The Balaban J connectivity index is 4.31. The molecule has 0 amide bonds. The first kappa shape index (κ1) is 16.1. The maximum absolute atomic E-state index is 10.8. The SMILES string of the molecule is O=[N+]([O-])c1c(O)c([N+](=O)[O-])c([N+](=O)[O-])c([N+](=O)[O-])c1[N+](=O)[O-]. The first-order chi connectivity index (χ1) is 10.0. The van der Waals surface area contributed by atoms with Gasteiger partial charge in [-0.25, -0.2) is 0 Å². The van der Waals surface area contributed by atoms with E-state index in [0.29, 0.717) is 0 Å². The van der Waals surface area contributed by atoms with E-state index in [1.165, 1.54) is 0 Å². The van der Waals surface area contributed by atoms with E-state index in [1.54, 1.807) is 0 Å². The predicted octanol–water partition coefficient (Wildman–Crippen LogP) is 0.933. The fourth-order valence-corrected chi connectivity index (χ4v) is 1.54. The number of phenolic OH excluding ortho intramolecular Hbond substituents is 1. The summed E-state index contributed by atoms with van der Waals surface area (Å²) < 4.78 is 0. The van der Waals surface area contributed by atoms with Gasteiger partial charge in [0.15, 0.2) is 0 Å². The molecule has 116 valence electrons. The van der Waals surface area contributed by atoms with E-state index >= 15 is 0 Å². The molecule has 0 saturated heterocycles. The molecule has 0 radical (unpaired) electrons. The Morgan fingerprint density at radius 3 is 0.864 bits per heavy atom. The number of nitro benzene ring substituents is 5. The Morgan fingerprint density at radius 2 is 0.682 bits per heavy atom. The Kier molecular flexibility index (Phi) is 3.79. The van der Waals surface area contributed by atoms with Crippen LogP contribution in [0.4, 0.5) is 28.4 Å². The molecule has 16 heteroatoms. The number of aromatic hydroxyl groups is 1. The minimum Gasteiger partial charge on any atom is -0.497 e. The van der Waals surface area contributed by atoms with Gasteiger partial charge in [-0.15, -0.1) is 0 Å². The van der Waals surface area contributed by atoms with Crippen LogP contribution >= 0.6 is 0 Å². The zero-order chi connectivity index (χ0) is 17.4. The zero-order valence-corrected chi connectivity index (χ0v) is 9.77. The van der Waals surface area contributed by atoms with Gasteiger partial charge in [-0.05, 0) is 0 Å². The van der Waals surface area contributed by atoms with E-state index < -0.39 is 58.8 Å². The van der Waals surface area contributed by atoms with E-state index in [1.807, 2.05) is 0 Å². The second kappa shape index (κ2) is 5.19. The van der Waals surface area contributed by atoms with Crippen molar-refractivity contribution in [1.82, 2.24) is 0 Å². The van der Waals surface area contributed by atoms with Gasteiger partial charge in [0.2, 0.25) is 0 Å². The molecule has 16 nitrogen and oxygen atoms in total. The summed E-state index contributed by atoms with van der Waals surface area (Å²) in [6, 6.07) is 0. The Hall–Kier alpha value is -3.98. The summed E-state index contributed by atoms with van der Waals surface area (Å²) in [4.78, 5) is 45.1. The largest absolute Gasteiger partial charge is 0.497 e. The highest BCUT2D eigenvalue weighted by molar-refractivity contribution is 5.87. The molecule has 1 aromatic rings. The number of nitrogens with zero attached hydrogens (tertiary/aromatic N) is 5. The van der Waals surface area contributed by atoms with Gasteiger partial charge < -0.3 is 5.11 Å². The molecule has 1 N–H and O–H groups in total.